The molecule has 0 spiro atoms. The van der Waals surface area contributed by atoms with Crippen molar-refractivity contribution in [3.8, 4) is 5.69 Å². The SMILES string of the molecule is Cc1cc(=O)c(C(=O)NC(C)CN2CC(C)CC(C)C2)nn1-c1ccccc1C(F)(F)F. The fourth-order valence-electron chi connectivity index (χ4n) is 4.51. The van der Waals surface area contributed by atoms with Crippen LogP contribution in [0.3, 0.4) is 0 Å². The highest BCUT2D eigenvalue weighted by Crippen LogP contribution is 2.33. The average Bonchev–Trinajstić information content (AvgIpc) is 2.66. The highest BCUT2D eigenvalue weighted by atomic mass is 19.4. The third-order valence-electron chi connectivity index (χ3n) is 5.61. The smallest absolute Gasteiger partial charge is 0.347 e. The van der Waals surface area contributed by atoms with Gasteiger partial charge in [0.2, 0.25) is 5.43 Å². The maximum atomic E-state index is 13.5. The van der Waals surface area contributed by atoms with Gasteiger partial charge in [0.25, 0.3) is 5.91 Å². The molecule has 9 heteroatoms. The summed E-state index contributed by atoms with van der Waals surface area (Å²) in [6.07, 6.45) is -3.43. The van der Waals surface area contributed by atoms with E-state index in [9.17, 15) is 22.8 Å². The minimum Gasteiger partial charge on any atom is -0.347 e. The summed E-state index contributed by atoms with van der Waals surface area (Å²) in [5.74, 6) is 0.446. The number of hydrogen-bond acceptors (Lipinski definition) is 4. The third kappa shape index (κ3) is 5.56. The van der Waals surface area contributed by atoms with Gasteiger partial charge in [-0.3, -0.25) is 9.59 Å². The molecule has 1 aliphatic heterocycles. The van der Waals surface area contributed by atoms with Gasteiger partial charge in [-0.1, -0.05) is 26.0 Å². The molecular formula is C23H29F3N4O2. The first-order valence-electron chi connectivity index (χ1n) is 10.8. The maximum absolute atomic E-state index is 13.5. The molecule has 1 amide bonds. The predicted octanol–water partition coefficient (Wildman–Crippen LogP) is 3.66. The number of amides is 1. The summed E-state index contributed by atoms with van der Waals surface area (Å²) in [5.41, 5.74) is -2.00. The van der Waals surface area contributed by atoms with Crippen molar-refractivity contribution >= 4 is 5.91 Å². The lowest BCUT2D eigenvalue weighted by Crippen LogP contribution is -2.47. The minimum atomic E-state index is -4.60. The monoisotopic (exact) mass is 450 g/mol. The molecule has 0 saturated carbocycles. The van der Waals surface area contributed by atoms with Crippen molar-refractivity contribution in [2.45, 2.75) is 46.3 Å². The zero-order chi connectivity index (χ0) is 23.6. The molecule has 1 N–H and O–H groups in total. The predicted molar refractivity (Wildman–Crippen MR) is 116 cm³/mol. The molecule has 3 rings (SSSR count). The van der Waals surface area contributed by atoms with Gasteiger partial charge in [0.05, 0.1) is 11.3 Å². The number of piperidine rings is 1. The van der Waals surface area contributed by atoms with Gasteiger partial charge in [-0.15, -0.1) is 0 Å². The summed E-state index contributed by atoms with van der Waals surface area (Å²) >= 11 is 0. The second-order valence-electron chi connectivity index (χ2n) is 8.96. The molecule has 0 radical (unpaired) electrons. The van der Waals surface area contributed by atoms with Crippen LogP contribution in [0.25, 0.3) is 5.69 Å². The number of carbonyl (C=O) groups excluding carboxylic acids is 1. The summed E-state index contributed by atoms with van der Waals surface area (Å²) in [7, 11) is 0. The molecule has 174 valence electrons. The van der Waals surface area contributed by atoms with Crippen molar-refractivity contribution in [3.05, 3.63) is 57.5 Å². The molecule has 1 aliphatic rings. The van der Waals surface area contributed by atoms with Crippen molar-refractivity contribution in [3.63, 3.8) is 0 Å². The first kappa shape index (κ1) is 24.0. The van der Waals surface area contributed by atoms with Crippen LogP contribution in [0.5, 0.6) is 0 Å². The second-order valence-corrected chi connectivity index (χ2v) is 8.96. The Bertz CT molecular complexity index is 1020. The molecule has 0 aliphatic carbocycles. The zero-order valence-electron chi connectivity index (χ0n) is 18.7. The Hall–Kier alpha value is -2.68. The van der Waals surface area contributed by atoms with Gasteiger partial charge >= 0.3 is 6.18 Å². The van der Waals surface area contributed by atoms with Crippen LogP contribution in [0.15, 0.2) is 35.1 Å². The van der Waals surface area contributed by atoms with Crippen LogP contribution in [0.1, 0.15) is 48.9 Å². The van der Waals surface area contributed by atoms with E-state index in [1.54, 1.807) is 0 Å². The van der Waals surface area contributed by atoms with Crippen molar-refractivity contribution in [2.75, 3.05) is 19.6 Å². The number of halogens is 3. The number of aryl methyl sites for hydroxylation is 1. The lowest BCUT2D eigenvalue weighted by Gasteiger charge is -2.36. The summed E-state index contributed by atoms with van der Waals surface area (Å²) in [4.78, 5) is 27.5. The zero-order valence-corrected chi connectivity index (χ0v) is 18.7. The minimum absolute atomic E-state index is 0.201. The molecule has 1 aromatic heterocycles. The fraction of sp³-hybridized carbons (Fsp3) is 0.522. The normalized spacial score (nSPS) is 20.7. The highest BCUT2D eigenvalue weighted by Gasteiger charge is 2.34. The summed E-state index contributed by atoms with van der Waals surface area (Å²) in [6.45, 7) is 10.2. The van der Waals surface area contributed by atoms with Crippen molar-refractivity contribution in [1.82, 2.24) is 20.0 Å². The molecular weight excluding hydrogens is 421 g/mol. The number of hydrogen-bond donors (Lipinski definition) is 1. The van der Waals surface area contributed by atoms with Crippen molar-refractivity contribution in [2.24, 2.45) is 11.8 Å². The van der Waals surface area contributed by atoms with Gasteiger partial charge in [0.1, 0.15) is 0 Å². The quantitative estimate of drug-likeness (QED) is 0.755. The van der Waals surface area contributed by atoms with Gasteiger partial charge in [0.15, 0.2) is 5.69 Å². The van der Waals surface area contributed by atoms with Crippen LogP contribution in [0.2, 0.25) is 0 Å². The Morgan fingerprint density at radius 1 is 1.22 bits per heavy atom. The van der Waals surface area contributed by atoms with E-state index in [0.29, 0.717) is 18.4 Å². The van der Waals surface area contributed by atoms with Gasteiger partial charge in [-0.2, -0.15) is 18.3 Å². The lowest BCUT2D eigenvalue weighted by atomic mass is 9.92. The van der Waals surface area contributed by atoms with Crippen molar-refractivity contribution < 1.29 is 18.0 Å². The summed E-state index contributed by atoms with van der Waals surface area (Å²) < 4.78 is 41.4. The maximum Gasteiger partial charge on any atom is 0.418 e. The number of benzene rings is 1. The summed E-state index contributed by atoms with van der Waals surface area (Å²) in [6, 6.07) is 5.81. The molecule has 1 fully saturated rings. The van der Waals surface area contributed by atoms with E-state index in [1.807, 2.05) is 6.92 Å². The lowest BCUT2D eigenvalue weighted by molar-refractivity contribution is -0.137. The van der Waals surface area contributed by atoms with Crippen LogP contribution in [0.4, 0.5) is 13.2 Å². The van der Waals surface area contributed by atoms with Crippen LogP contribution in [0, 0.1) is 18.8 Å². The first-order chi connectivity index (χ1) is 15.0. The van der Waals surface area contributed by atoms with E-state index >= 15 is 0 Å². The number of para-hydroxylation sites is 1. The molecule has 3 unspecified atom stereocenters. The van der Waals surface area contributed by atoms with E-state index in [0.717, 1.165) is 29.9 Å². The van der Waals surface area contributed by atoms with E-state index in [-0.39, 0.29) is 17.4 Å². The van der Waals surface area contributed by atoms with Crippen LogP contribution in [-0.4, -0.2) is 46.3 Å². The number of nitrogens with one attached hydrogen (secondary N) is 1. The van der Waals surface area contributed by atoms with Gasteiger partial charge in [-0.05, 0) is 44.2 Å². The summed E-state index contributed by atoms with van der Waals surface area (Å²) in [5, 5.41) is 6.80. The molecule has 0 bridgehead atoms. The Kier molecular flexibility index (Phi) is 7.07. The first-order valence-corrected chi connectivity index (χ1v) is 10.8. The van der Waals surface area contributed by atoms with E-state index in [1.165, 1.54) is 31.5 Å². The van der Waals surface area contributed by atoms with Crippen LogP contribution in [-0.2, 0) is 6.18 Å². The molecule has 3 atom stereocenters. The molecule has 1 aromatic carbocycles. The molecule has 6 nitrogen and oxygen atoms in total. The fourth-order valence-corrected chi connectivity index (χ4v) is 4.51. The topological polar surface area (TPSA) is 67.2 Å². The van der Waals surface area contributed by atoms with E-state index in [4.69, 9.17) is 0 Å². The molecule has 32 heavy (non-hydrogen) atoms. The number of likely N-dealkylation sites (tertiary alicyclic amines) is 1. The van der Waals surface area contributed by atoms with Crippen LogP contribution < -0.4 is 10.7 Å². The molecule has 2 aromatic rings. The van der Waals surface area contributed by atoms with Gasteiger partial charge in [-0.25, -0.2) is 4.68 Å². The highest BCUT2D eigenvalue weighted by molar-refractivity contribution is 5.92. The molecule has 2 heterocycles. The van der Waals surface area contributed by atoms with Crippen LogP contribution >= 0.6 is 0 Å². The molecule has 1 saturated heterocycles. The van der Waals surface area contributed by atoms with Gasteiger partial charge in [0, 0.05) is 37.4 Å². The number of nitrogens with zero attached hydrogens (tertiary/aromatic N) is 3. The Morgan fingerprint density at radius 3 is 2.47 bits per heavy atom. The van der Waals surface area contributed by atoms with Gasteiger partial charge < -0.3 is 10.2 Å². The standard InChI is InChI=1S/C23H29F3N4O2/c1-14-9-15(2)12-29(11-14)13-16(3)27-22(32)21-20(31)10-17(4)30(28-21)19-8-6-5-7-18(19)23(24,25)26/h5-8,10,14-16H,9,11-13H2,1-4H3,(H,27,32). The Labute approximate surface area is 185 Å². The number of alkyl halides is 3. The second kappa shape index (κ2) is 9.44. The largest absolute Gasteiger partial charge is 0.418 e. The van der Waals surface area contributed by atoms with E-state index < -0.39 is 28.8 Å². The number of carbonyl (C=O) groups is 1. The number of aromatic nitrogens is 2. The van der Waals surface area contributed by atoms with E-state index in [2.05, 4.69) is 29.2 Å². The Morgan fingerprint density at radius 2 is 1.84 bits per heavy atom. The Balaban J connectivity index is 1.83. The average molecular weight is 451 g/mol. The number of rotatable bonds is 5. The third-order valence-corrected chi connectivity index (χ3v) is 5.61. The van der Waals surface area contributed by atoms with Crippen molar-refractivity contribution in [1.29, 1.82) is 0 Å².